The van der Waals surface area contributed by atoms with Crippen molar-refractivity contribution >= 4 is 30.5 Å². The van der Waals surface area contributed by atoms with Crippen molar-refractivity contribution in [2.45, 2.75) is 0 Å². The molecule has 0 saturated carbocycles. The summed E-state index contributed by atoms with van der Waals surface area (Å²) in [6.07, 6.45) is 1.66. The highest BCUT2D eigenvalue weighted by molar-refractivity contribution is 5.85. The minimum absolute atomic E-state index is 0. The van der Waals surface area contributed by atoms with Gasteiger partial charge in [0, 0.05) is 32.4 Å². The minimum Gasteiger partial charge on any atom is -0.367 e. The van der Waals surface area contributed by atoms with E-state index in [2.05, 4.69) is 21.3 Å². The van der Waals surface area contributed by atoms with Gasteiger partial charge in [0.25, 0.3) is 0 Å². The van der Waals surface area contributed by atoms with Gasteiger partial charge in [0.2, 0.25) is 0 Å². The molecule has 1 aliphatic rings. The molecule has 16 heavy (non-hydrogen) atoms. The number of nitrogens with one attached hydrogen (secondary N) is 1. The molecule has 0 bridgehead atoms. The third kappa shape index (κ3) is 3.24. The van der Waals surface area contributed by atoms with E-state index in [1.165, 1.54) is 0 Å². The Balaban J connectivity index is 0.00000112. The van der Waals surface area contributed by atoms with Crippen molar-refractivity contribution in [1.29, 1.82) is 5.26 Å². The van der Waals surface area contributed by atoms with Gasteiger partial charge in [-0.15, -0.1) is 24.8 Å². The van der Waals surface area contributed by atoms with Crippen molar-refractivity contribution in [3.05, 3.63) is 24.0 Å². The molecule has 1 saturated heterocycles. The number of hydrogen-bond acceptors (Lipinski definition) is 4. The van der Waals surface area contributed by atoms with Crippen LogP contribution in [0.15, 0.2) is 18.3 Å². The van der Waals surface area contributed by atoms with Crippen molar-refractivity contribution in [2.24, 2.45) is 0 Å². The number of piperazine rings is 1. The molecule has 1 aromatic heterocycles. The summed E-state index contributed by atoms with van der Waals surface area (Å²) in [6.45, 7) is 3.83. The molecule has 0 unspecified atom stereocenters. The Morgan fingerprint density at radius 2 is 2.00 bits per heavy atom. The molecule has 2 heterocycles. The Morgan fingerprint density at radius 1 is 1.31 bits per heavy atom. The van der Waals surface area contributed by atoms with Crippen molar-refractivity contribution in [1.82, 2.24) is 10.3 Å². The molecule has 2 rings (SSSR count). The van der Waals surface area contributed by atoms with E-state index in [-0.39, 0.29) is 24.8 Å². The van der Waals surface area contributed by atoms with Crippen LogP contribution in [0.2, 0.25) is 0 Å². The van der Waals surface area contributed by atoms with E-state index in [4.69, 9.17) is 5.26 Å². The van der Waals surface area contributed by atoms with Gasteiger partial charge in [-0.05, 0) is 12.1 Å². The van der Waals surface area contributed by atoms with Crippen molar-refractivity contribution < 1.29 is 0 Å². The fourth-order valence-corrected chi connectivity index (χ4v) is 1.64. The van der Waals surface area contributed by atoms with Crippen LogP contribution in [0.3, 0.4) is 0 Å². The van der Waals surface area contributed by atoms with Gasteiger partial charge >= 0.3 is 0 Å². The molecule has 1 aliphatic heterocycles. The summed E-state index contributed by atoms with van der Waals surface area (Å²) in [5, 5.41) is 12.2. The second kappa shape index (κ2) is 7.29. The molecule has 0 spiro atoms. The maximum atomic E-state index is 8.89. The van der Waals surface area contributed by atoms with E-state index in [1.54, 1.807) is 6.20 Å². The maximum Gasteiger partial charge on any atom is 0.163 e. The SMILES string of the molecule is Cl.Cl.N#Cc1ncccc1N1CCNCC1. The predicted molar refractivity (Wildman–Crippen MR) is 68.5 cm³/mol. The van der Waals surface area contributed by atoms with Crippen LogP contribution in [0.5, 0.6) is 0 Å². The highest BCUT2D eigenvalue weighted by Gasteiger charge is 2.13. The zero-order chi connectivity index (χ0) is 9.80. The molecule has 4 nitrogen and oxygen atoms in total. The number of aromatic nitrogens is 1. The normalized spacial score (nSPS) is 14.3. The summed E-state index contributed by atoms with van der Waals surface area (Å²) in [7, 11) is 0. The van der Waals surface area contributed by atoms with E-state index < -0.39 is 0 Å². The average Bonchev–Trinajstić information content (AvgIpc) is 2.30. The maximum absolute atomic E-state index is 8.89. The molecule has 1 aromatic rings. The Hall–Kier alpha value is -1.02. The smallest absolute Gasteiger partial charge is 0.163 e. The molecule has 1 fully saturated rings. The summed E-state index contributed by atoms with van der Waals surface area (Å²) in [5.74, 6) is 0. The van der Waals surface area contributed by atoms with Crippen LogP contribution in [0.1, 0.15) is 5.69 Å². The summed E-state index contributed by atoms with van der Waals surface area (Å²) in [4.78, 5) is 6.25. The van der Waals surface area contributed by atoms with Crippen LogP contribution in [0.4, 0.5) is 5.69 Å². The molecule has 0 aromatic carbocycles. The third-order valence-corrected chi connectivity index (χ3v) is 2.35. The van der Waals surface area contributed by atoms with Crippen LogP contribution in [-0.2, 0) is 0 Å². The Morgan fingerprint density at radius 3 is 2.62 bits per heavy atom. The molecule has 0 amide bonds. The Bertz CT molecular complexity index is 358. The molecule has 0 aliphatic carbocycles. The highest BCUT2D eigenvalue weighted by Crippen LogP contribution is 2.17. The third-order valence-electron chi connectivity index (χ3n) is 2.35. The number of hydrogen-bond donors (Lipinski definition) is 1. The first-order valence-electron chi connectivity index (χ1n) is 4.72. The first kappa shape index (κ1) is 15.0. The summed E-state index contributed by atoms with van der Waals surface area (Å²) in [6, 6.07) is 5.95. The monoisotopic (exact) mass is 260 g/mol. The summed E-state index contributed by atoms with van der Waals surface area (Å²) in [5.41, 5.74) is 1.48. The Kier molecular flexibility index (Phi) is 6.82. The molecule has 88 valence electrons. The predicted octanol–water partition coefficient (Wildman–Crippen LogP) is 1.21. The van der Waals surface area contributed by atoms with E-state index in [0.29, 0.717) is 5.69 Å². The van der Waals surface area contributed by atoms with Gasteiger partial charge in [-0.3, -0.25) is 0 Å². The highest BCUT2D eigenvalue weighted by atomic mass is 35.5. The zero-order valence-corrected chi connectivity index (χ0v) is 10.4. The second-order valence-corrected chi connectivity index (χ2v) is 3.22. The van der Waals surface area contributed by atoms with Gasteiger partial charge in [0.15, 0.2) is 5.69 Å². The number of pyridine rings is 1. The lowest BCUT2D eigenvalue weighted by molar-refractivity contribution is 0.588. The molecular formula is C10H14Cl2N4. The standard InChI is InChI=1S/C10H12N4.2ClH/c11-8-9-10(2-1-3-13-9)14-6-4-12-5-7-14;;/h1-3,12H,4-7H2;2*1H. The average molecular weight is 261 g/mol. The van der Waals surface area contributed by atoms with Gasteiger partial charge in [-0.25, -0.2) is 4.98 Å². The lowest BCUT2D eigenvalue weighted by Crippen LogP contribution is -2.43. The van der Waals surface area contributed by atoms with E-state index >= 15 is 0 Å². The molecule has 6 heteroatoms. The van der Waals surface area contributed by atoms with Crippen molar-refractivity contribution in [3.63, 3.8) is 0 Å². The van der Waals surface area contributed by atoms with E-state index in [0.717, 1.165) is 31.9 Å². The summed E-state index contributed by atoms with van der Waals surface area (Å²) >= 11 is 0. The molecule has 0 atom stereocenters. The molecule has 1 N–H and O–H groups in total. The van der Waals surface area contributed by atoms with Crippen LogP contribution in [0.25, 0.3) is 0 Å². The van der Waals surface area contributed by atoms with Crippen molar-refractivity contribution in [2.75, 3.05) is 31.1 Å². The van der Waals surface area contributed by atoms with Gasteiger partial charge in [-0.1, -0.05) is 0 Å². The number of anilines is 1. The second-order valence-electron chi connectivity index (χ2n) is 3.22. The quantitative estimate of drug-likeness (QED) is 0.825. The zero-order valence-electron chi connectivity index (χ0n) is 8.72. The van der Waals surface area contributed by atoms with E-state index in [1.807, 2.05) is 12.1 Å². The van der Waals surface area contributed by atoms with Crippen LogP contribution in [-0.4, -0.2) is 31.2 Å². The number of halogens is 2. The lowest BCUT2D eigenvalue weighted by Gasteiger charge is -2.29. The topological polar surface area (TPSA) is 52.0 Å². The largest absolute Gasteiger partial charge is 0.367 e. The van der Waals surface area contributed by atoms with Gasteiger partial charge in [-0.2, -0.15) is 5.26 Å². The minimum atomic E-state index is 0. The van der Waals surface area contributed by atoms with Gasteiger partial charge in [0.1, 0.15) is 6.07 Å². The van der Waals surface area contributed by atoms with Crippen LogP contribution >= 0.6 is 24.8 Å². The van der Waals surface area contributed by atoms with Gasteiger partial charge in [0.05, 0.1) is 5.69 Å². The van der Waals surface area contributed by atoms with Crippen molar-refractivity contribution in [3.8, 4) is 6.07 Å². The summed E-state index contributed by atoms with van der Waals surface area (Å²) < 4.78 is 0. The number of nitrogens with zero attached hydrogens (tertiary/aromatic N) is 3. The van der Waals surface area contributed by atoms with E-state index in [9.17, 15) is 0 Å². The fraction of sp³-hybridized carbons (Fsp3) is 0.400. The number of rotatable bonds is 1. The first-order chi connectivity index (χ1) is 6.92. The van der Waals surface area contributed by atoms with Gasteiger partial charge < -0.3 is 10.2 Å². The lowest BCUT2D eigenvalue weighted by atomic mass is 10.2. The first-order valence-corrected chi connectivity index (χ1v) is 4.72. The molecule has 0 radical (unpaired) electrons. The number of nitriles is 1. The van der Waals surface area contributed by atoms with Crippen LogP contribution in [0, 0.1) is 11.3 Å². The Labute approximate surface area is 107 Å². The molecular weight excluding hydrogens is 247 g/mol. The fourth-order valence-electron chi connectivity index (χ4n) is 1.64. The van der Waals surface area contributed by atoms with Crippen LogP contribution < -0.4 is 10.2 Å².